The maximum atomic E-state index is 12.0. The molecule has 2 aliphatic rings. The van der Waals surface area contributed by atoms with Crippen LogP contribution in [0.4, 0.5) is 0 Å². The van der Waals surface area contributed by atoms with E-state index >= 15 is 0 Å². The third-order valence-electron chi connectivity index (χ3n) is 4.53. The van der Waals surface area contributed by atoms with Crippen molar-refractivity contribution >= 4 is 5.91 Å². The zero-order valence-corrected chi connectivity index (χ0v) is 14.5. The van der Waals surface area contributed by atoms with Gasteiger partial charge in [0.05, 0.1) is 13.2 Å². The van der Waals surface area contributed by atoms with Crippen molar-refractivity contribution in [1.82, 2.24) is 5.32 Å². The first kappa shape index (κ1) is 17.0. The molecule has 0 spiro atoms. The molecule has 1 amide bonds. The molecule has 6 heteroatoms. The third kappa shape index (κ3) is 3.49. The highest BCUT2D eigenvalue weighted by molar-refractivity contribution is 5.82. The van der Waals surface area contributed by atoms with Crippen LogP contribution in [-0.4, -0.2) is 44.4 Å². The number of hydrogen-bond acceptors (Lipinski definition) is 5. The Morgan fingerprint density at radius 3 is 3.00 bits per heavy atom. The van der Waals surface area contributed by atoms with E-state index in [1.165, 1.54) is 12.7 Å². The summed E-state index contributed by atoms with van der Waals surface area (Å²) in [4.78, 5) is 12.0. The van der Waals surface area contributed by atoms with Crippen LogP contribution in [0.2, 0.25) is 0 Å². The summed E-state index contributed by atoms with van der Waals surface area (Å²) < 4.78 is 16.6. The van der Waals surface area contributed by atoms with Crippen molar-refractivity contribution in [3.63, 3.8) is 0 Å². The van der Waals surface area contributed by atoms with E-state index in [-0.39, 0.29) is 30.6 Å². The SMILES string of the molecule is CCOc1cc2c(cc1C1CC1NC(=O)C(N)COC)OC(C)C2. The molecular formula is C18H26N2O4. The maximum absolute atomic E-state index is 12.0. The van der Waals surface area contributed by atoms with Gasteiger partial charge < -0.3 is 25.3 Å². The molecule has 24 heavy (non-hydrogen) atoms. The fourth-order valence-electron chi connectivity index (χ4n) is 3.27. The van der Waals surface area contributed by atoms with Gasteiger partial charge in [0.1, 0.15) is 23.6 Å². The monoisotopic (exact) mass is 334 g/mol. The topological polar surface area (TPSA) is 82.8 Å². The van der Waals surface area contributed by atoms with E-state index in [0.717, 1.165) is 29.9 Å². The zero-order chi connectivity index (χ0) is 17.3. The second-order valence-corrected chi connectivity index (χ2v) is 6.58. The van der Waals surface area contributed by atoms with Crippen molar-refractivity contribution in [2.75, 3.05) is 20.3 Å². The number of benzene rings is 1. The molecule has 3 N–H and O–H groups in total. The molecule has 0 aromatic heterocycles. The molecule has 132 valence electrons. The first-order valence-corrected chi connectivity index (χ1v) is 8.54. The molecule has 1 aliphatic heterocycles. The second kappa shape index (κ2) is 6.99. The van der Waals surface area contributed by atoms with Gasteiger partial charge in [-0.1, -0.05) is 0 Å². The first-order chi connectivity index (χ1) is 11.5. The fraction of sp³-hybridized carbons (Fsp3) is 0.611. The molecule has 4 unspecified atom stereocenters. The number of rotatable bonds is 7. The second-order valence-electron chi connectivity index (χ2n) is 6.58. The highest BCUT2D eigenvalue weighted by atomic mass is 16.5. The molecule has 1 aromatic carbocycles. The lowest BCUT2D eigenvalue weighted by molar-refractivity contribution is -0.123. The Hall–Kier alpha value is -1.79. The maximum Gasteiger partial charge on any atom is 0.239 e. The van der Waals surface area contributed by atoms with Gasteiger partial charge in [-0.2, -0.15) is 0 Å². The Morgan fingerprint density at radius 1 is 1.50 bits per heavy atom. The van der Waals surface area contributed by atoms with Gasteiger partial charge in [-0.15, -0.1) is 0 Å². The van der Waals surface area contributed by atoms with Crippen LogP contribution >= 0.6 is 0 Å². The molecule has 0 radical (unpaired) electrons. The van der Waals surface area contributed by atoms with E-state index in [1.54, 1.807) is 0 Å². The molecule has 0 saturated heterocycles. The largest absolute Gasteiger partial charge is 0.494 e. The smallest absolute Gasteiger partial charge is 0.239 e. The third-order valence-corrected chi connectivity index (χ3v) is 4.53. The van der Waals surface area contributed by atoms with Crippen molar-refractivity contribution in [2.45, 2.75) is 50.8 Å². The van der Waals surface area contributed by atoms with Gasteiger partial charge in [-0.3, -0.25) is 4.79 Å². The normalized spacial score (nSPS) is 25.6. The molecule has 1 saturated carbocycles. The summed E-state index contributed by atoms with van der Waals surface area (Å²) >= 11 is 0. The van der Waals surface area contributed by atoms with Gasteiger partial charge >= 0.3 is 0 Å². The molecule has 1 aliphatic carbocycles. The average Bonchev–Trinajstić information content (AvgIpc) is 3.19. The van der Waals surface area contributed by atoms with E-state index in [1.807, 2.05) is 6.92 Å². The average molecular weight is 334 g/mol. The van der Waals surface area contributed by atoms with Crippen molar-refractivity contribution in [3.05, 3.63) is 23.3 Å². The number of fused-ring (bicyclic) bond motifs is 1. The van der Waals surface area contributed by atoms with Gasteiger partial charge in [-0.25, -0.2) is 0 Å². The number of carbonyl (C=O) groups is 1. The zero-order valence-electron chi connectivity index (χ0n) is 14.5. The van der Waals surface area contributed by atoms with Crippen molar-refractivity contribution in [3.8, 4) is 11.5 Å². The minimum absolute atomic E-state index is 0.0940. The Kier molecular flexibility index (Phi) is 4.96. The van der Waals surface area contributed by atoms with Crippen molar-refractivity contribution < 1.29 is 19.0 Å². The Bertz CT molecular complexity index is 619. The standard InChI is InChI=1S/C18H26N2O4/c1-4-23-17-6-11-5-10(2)24-16(11)8-13(17)12-7-15(12)20-18(21)14(19)9-22-3/h6,8,10,12,14-15H,4-5,7,9,19H2,1-3H3,(H,20,21). The summed E-state index contributed by atoms with van der Waals surface area (Å²) in [7, 11) is 1.53. The molecule has 1 aromatic rings. The quantitative estimate of drug-likeness (QED) is 0.787. The highest BCUT2D eigenvalue weighted by Gasteiger charge is 2.42. The number of hydrogen-bond donors (Lipinski definition) is 2. The van der Waals surface area contributed by atoms with E-state index in [0.29, 0.717) is 6.61 Å². The van der Waals surface area contributed by atoms with Crippen LogP contribution in [0.5, 0.6) is 11.5 Å². The van der Waals surface area contributed by atoms with Crippen molar-refractivity contribution in [2.24, 2.45) is 5.73 Å². The van der Waals surface area contributed by atoms with Crippen LogP contribution in [0.1, 0.15) is 37.3 Å². The summed E-state index contributed by atoms with van der Waals surface area (Å²) in [5, 5.41) is 2.99. The minimum Gasteiger partial charge on any atom is -0.494 e. The van der Waals surface area contributed by atoms with Crippen LogP contribution in [0, 0.1) is 0 Å². The summed E-state index contributed by atoms with van der Waals surface area (Å²) in [6, 6.07) is 3.63. The number of ether oxygens (including phenoxy) is 3. The van der Waals surface area contributed by atoms with Gasteiger partial charge in [0.25, 0.3) is 0 Å². The molecule has 1 fully saturated rings. The van der Waals surface area contributed by atoms with Crippen LogP contribution in [0.15, 0.2) is 12.1 Å². The van der Waals surface area contributed by atoms with Gasteiger partial charge in [-0.05, 0) is 32.4 Å². The molecule has 6 nitrogen and oxygen atoms in total. The minimum atomic E-state index is -0.633. The van der Waals surface area contributed by atoms with E-state index in [4.69, 9.17) is 19.9 Å². The van der Waals surface area contributed by atoms with E-state index < -0.39 is 6.04 Å². The highest BCUT2D eigenvalue weighted by Crippen LogP contribution is 2.48. The molecular weight excluding hydrogens is 308 g/mol. The molecule has 0 bridgehead atoms. The lowest BCUT2D eigenvalue weighted by Gasteiger charge is -2.14. The molecule has 4 atom stereocenters. The lowest BCUT2D eigenvalue weighted by Crippen LogP contribution is -2.44. The number of methoxy groups -OCH3 is 1. The van der Waals surface area contributed by atoms with E-state index in [2.05, 4.69) is 24.4 Å². The molecule has 1 heterocycles. The molecule has 3 rings (SSSR count). The first-order valence-electron chi connectivity index (χ1n) is 8.54. The Labute approximate surface area is 142 Å². The Balaban J connectivity index is 1.71. The summed E-state index contributed by atoms with van der Waals surface area (Å²) in [6.07, 6.45) is 2.00. The number of carbonyl (C=O) groups excluding carboxylic acids is 1. The van der Waals surface area contributed by atoms with Gasteiger partial charge in [0, 0.05) is 36.6 Å². The van der Waals surface area contributed by atoms with Crippen molar-refractivity contribution in [1.29, 1.82) is 0 Å². The van der Waals surface area contributed by atoms with Crippen LogP contribution in [0.3, 0.4) is 0 Å². The predicted octanol–water partition coefficient (Wildman–Crippen LogP) is 1.35. The number of amides is 1. The van der Waals surface area contributed by atoms with Crippen LogP contribution in [0.25, 0.3) is 0 Å². The summed E-state index contributed by atoms with van der Waals surface area (Å²) in [5.74, 6) is 1.91. The van der Waals surface area contributed by atoms with Crippen LogP contribution < -0.4 is 20.5 Å². The summed E-state index contributed by atoms with van der Waals surface area (Å²) in [5.41, 5.74) is 8.07. The lowest BCUT2D eigenvalue weighted by atomic mass is 10.0. The van der Waals surface area contributed by atoms with Gasteiger partial charge in [0.15, 0.2) is 0 Å². The summed E-state index contributed by atoms with van der Waals surface area (Å²) in [6.45, 7) is 4.88. The van der Waals surface area contributed by atoms with E-state index in [9.17, 15) is 4.79 Å². The number of nitrogens with two attached hydrogens (primary N) is 1. The number of nitrogens with one attached hydrogen (secondary N) is 1. The predicted molar refractivity (Wildman–Crippen MR) is 90.5 cm³/mol. The van der Waals surface area contributed by atoms with Crippen LogP contribution in [-0.2, 0) is 16.0 Å². The van der Waals surface area contributed by atoms with Gasteiger partial charge in [0.2, 0.25) is 5.91 Å². The Morgan fingerprint density at radius 2 is 2.29 bits per heavy atom. The fourth-order valence-corrected chi connectivity index (χ4v) is 3.27.